The van der Waals surface area contributed by atoms with Gasteiger partial charge in [-0.1, -0.05) is 6.07 Å². The molecular formula is C23H22O7. The molecule has 0 N–H and O–H groups in total. The van der Waals surface area contributed by atoms with Gasteiger partial charge in [0.2, 0.25) is 5.75 Å². The van der Waals surface area contributed by atoms with Crippen LogP contribution < -0.4 is 24.6 Å². The molecule has 0 aliphatic heterocycles. The molecule has 1 aliphatic carbocycles. The predicted octanol–water partition coefficient (Wildman–Crippen LogP) is 3.46. The number of fused-ring (bicyclic) bond motifs is 3. The lowest BCUT2D eigenvalue weighted by Crippen LogP contribution is -2.13. The molecule has 1 aliphatic rings. The van der Waals surface area contributed by atoms with E-state index in [1.165, 1.54) is 21.3 Å². The molecule has 0 spiro atoms. The molecule has 0 bridgehead atoms. The standard InChI is InChI=1S/C23H22O7/c1-26-18-10-7-13(21(27-2)22(18)28-3)11-20(24)29-14-8-9-16-15-5-4-6-17(15)23(25)30-19(16)12-14/h7-10,12H,4-6,11H2,1-3H3. The Bertz CT molecular complexity index is 1180. The maximum Gasteiger partial charge on any atom is 0.339 e. The second-order valence-corrected chi connectivity index (χ2v) is 7.00. The third-order valence-electron chi connectivity index (χ3n) is 5.30. The Labute approximate surface area is 173 Å². The molecule has 156 valence electrons. The fourth-order valence-corrected chi connectivity index (χ4v) is 3.95. The van der Waals surface area contributed by atoms with E-state index in [1.807, 2.05) is 6.07 Å². The summed E-state index contributed by atoms with van der Waals surface area (Å²) in [4.78, 5) is 24.7. The molecule has 1 aromatic heterocycles. The molecule has 7 heteroatoms. The molecule has 0 radical (unpaired) electrons. The van der Waals surface area contributed by atoms with Crippen LogP contribution >= 0.6 is 0 Å². The van der Waals surface area contributed by atoms with Crippen LogP contribution in [-0.4, -0.2) is 27.3 Å². The second kappa shape index (κ2) is 8.10. The van der Waals surface area contributed by atoms with Crippen LogP contribution in [0.4, 0.5) is 0 Å². The Morgan fingerprint density at radius 1 is 0.967 bits per heavy atom. The third kappa shape index (κ3) is 3.47. The topological polar surface area (TPSA) is 84.2 Å². The monoisotopic (exact) mass is 410 g/mol. The molecule has 3 aromatic rings. The van der Waals surface area contributed by atoms with E-state index in [4.69, 9.17) is 23.4 Å². The number of benzene rings is 2. The Balaban J connectivity index is 1.58. The van der Waals surface area contributed by atoms with Crippen molar-refractivity contribution in [3.8, 4) is 23.0 Å². The molecule has 1 heterocycles. The molecule has 4 rings (SSSR count). The van der Waals surface area contributed by atoms with Crippen LogP contribution in [0, 0.1) is 0 Å². The summed E-state index contributed by atoms with van der Waals surface area (Å²) < 4.78 is 26.9. The summed E-state index contributed by atoms with van der Waals surface area (Å²) in [6.45, 7) is 0. The van der Waals surface area contributed by atoms with E-state index in [2.05, 4.69) is 0 Å². The Hall–Kier alpha value is -3.48. The van der Waals surface area contributed by atoms with Crippen molar-refractivity contribution in [2.75, 3.05) is 21.3 Å². The van der Waals surface area contributed by atoms with Gasteiger partial charge in [0.1, 0.15) is 11.3 Å². The number of esters is 1. The van der Waals surface area contributed by atoms with E-state index in [1.54, 1.807) is 24.3 Å². The van der Waals surface area contributed by atoms with Gasteiger partial charge in [-0.25, -0.2) is 4.79 Å². The molecule has 0 atom stereocenters. The van der Waals surface area contributed by atoms with Crippen LogP contribution in [0.3, 0.4) is 0 Å². The number of carbonyl (C=O) groups is 1. The quantitative estimate of drug-likeness (QED) is 0.350. The first-order valence-corrected chi connectivity index (χ1v) is 9.62. The lowest BCUT2D eigenvalue weighted by Gasteiger charge is -2.15. The Kier molecular flexibility index (Phi) is 5.35. The number of ether oxygens (including phenoxy) is 4. The second-order valence-electron chi connectivity index (χ2n) is 7.00. The number of aryl methyl sites for hydroxylation is 1. The SMILES string of the molecule is COc1ccc(CC(=O)Oc2ccc3c4c(c(=O)oc3c2)CCC4)c(OC)c1OC. The first kappa shape index (κ1) is 19.8. The average molecular weight is 410 g/mol. The molecule has 0 fully saturated rings. The summed E-state index contributed by atoms with van der Waals surface area (Å²) in [7, 11) is 4.52. The summed E-state index contributed by atoms with van der Waals surface area (Å²) in [6, 6.07) is 8.56. The minimum Gasteiger partial charge on any atom is -0.493 e. The average Bonchev–Trinajstić information content (AvgIpc) is 3.24. The highest BCUT2D eigenvalue weighted by Gasteiger charge is 2.21. The number of rotatable bonds is 6. The molecule has 0 saturated carbocycles. The normalized spacial score (nSPS) is 12.5. The van der Waals surface area contributed by atoms with Crippen molar-refractivity contribution in [2.45, 2.75) is 25.7 Å². The summed E-state index contributed by atoms with van der Waals surface area (Å²) >= 11 is 0. The molecule has 0 unspecified atom stereocenters. The largest absolute Gasteiger partial charge is 0.493 e. The number of methoxy groups -OCH3 is 3. The van der Waals surface area contributed by atoms with Gasteiger partial charge in [0.05, 0.1) is 27.8 Å². The van der Waals surface area contributed by atoms with Gasteiger partial charge in [-0.3, -0.25) is 4.79 Å². The van der Waals surface area contributed by atoms with Crippen LogP contribution in [0.5, 0.6) is 23.0 Å². The smallest absolute Gasteiger partial charge is 0.339 e. The van der Waals surface area contributed by atoms with Gasteiger partial charge in [-0.2, -0.15) is 0 Å². The summed E-state index contributed by atoms with van der Waals surface area (Å²) in [5.41, 5.74) is 2.51. The van der Waals surface area contributed by atoms with E-state index in [9.17, 15) is 9.59 Å². The molecule has 30 heavy (non-hydrogen) atoms. The van der Waals surface area contributed by atoms with Gasteiger partial charge < -0.3 is 23.4 Å². The zero-order valence-corrected chi connectivity index (χ0v) is 17.1. The summed E-state index contributed by atoms with van der Waals surface area (Å²) in [6.07, 6.45) is 2.52. The minimum atomic E-state index is -0.483. The maximum atomic E-state index is 12.6. The molecule has 0 saturated heterocycles. The zero-order valence-electron chi connectivity index (χ0n) is 17.1. The van der Waals surface area contributed by atoms with Crippen molar-refractivity contribution in [2.24, 2.45) is 0 Å². The maximum absolute atomic E-state index is 12.6. The summed E-state index contributed by atoms with van der Waals surface area (Å²) in [5.74, 6) is 1.15. The first-order chi connectivity index (χ1) is 14.5. The molecule has 2 aromatic carbocycles. The van der Waals surface area contributed by atoms with Crippen LogP contribution in [0.1, 0.15) is 23.1 Å². The van der Waals surface area contributed by atoms with Crippen molar-refractivity contribution in [1.29, 1.82) is 0 Å². The van der Waals surface area contributed by atoms with Crippen LogP contribution in [0.2, 0.25) is 0 Å². The van der Waals surface area contributed by atoms with Crippen LogP contribution in [0.25, 0.3) is 11.0 Å². The highest BCUT2D eigenvalue weighted by atomic mass is 16.5. The van der Waals surface area contributed by atoms with Crippen LogP contribution in [-0.2, 0) is 24.1 Å². The van der Waals surface area contributed by atoms with Gasteiger partial charge in [-0.15, -0.1) is 0 Å². The number of hydrogen-bond donors (Lipinski definition) is 0. The summed E-state index contributed by atoms with van der Waals surface area (Å²) in [5, 5.41) is 0.892. The Morgan fingerprint density at radius 3 is 2.47 bits per heavy atom. The molecular weight excluding hydrogens is 388 g/mol. The van der Waals surface area contributed by atoms with E-state index in [0.29, 0.717) is 34.1 Å². The highest BCUT2D eigenvalue weighted by molar-refractivity contribution is 5.84. The molecule has 7 nitrogen and oxygen atoms in total. The van der Waals surface area contributed by atoms with Crippen molar-refractivity contribution < 1.29 is 28.2 Å². The number of hydrogen-bond acceptors (Lipinski definition) is 7. The fraction of sp³-hybridized carbons (Fsp3) is 0.304. The van der Waals surface area contributed by atoms with Crippen molar-refractivity contribution >= 4 is 16.9 Å². The van der Waals surface area contributed by atoms with Gasteiger partial charge in [0.15, 0.2) is 11.5 Å². The van der Waals surface area contributed by atoms with Gasteiger partial charge in [-0.05, 0) is 43.0 Å². The lowest BCUT2D eigenvalue weighted by molar-refractivity contribution is -0.133. The van der Waals surface area contributed by atoms with Crippen molar-refractivity contribution in [3.63, 3.8) is 0 Å². The Morgan fingerprint density at radius 2 is 1.73 bits per heavy atom. The van der Waals surface area contributed by atoms with E-state index < -0.39 is 5.97 Å². The van der Waals surface area contributed by atoms with Gasteiger partial charge in [0.25, 0.3) is 0 Å². The lowest BCUT2D eigenvalue weighted by atomic mass is 10.1. The van der Waals surface area contributed by atoms with Crippen LogP contribution in [0.15, 0.2) is 39.5 Å². The van der Waals surface area contributed by atoms with Gasteiger partial charge >= 0.3 is 11.6 Å². The predicted molar refractivity (Wildman–Crippen MR) is 110 cm³/mol. The minimum absolute atomic E-state index is 0.0320. The first-order valence-electron chi connectivity index (χ1n) is 9.62. The fourth-order valence-electron chi connectivity index (χ4n) is 3.95. The highest BCUT2D eigenvalue weighted by Crippen LogP contribution is 2.40. The van der Waals surface area contributed by atoms with E-state index >= 15 is 0 Å². The van der Waals surface area contributed by atoms with E-state index in [0.717, 1.165) is 35.8 Å². The zero-order chi connectivity index (χ0) is 21.3. The van der Waals surface area contributed by atoms with E-state index in [-0.39, 0.29) is 12.0 Å². The molecule has 0 amide bonds. The van der Waals surface area contributed by atoms with Gasteiger partial charge in [0, 0.05) is 22.6 Å². The number of carbonyl (C=O) groups excluding carboxylic acids is 1. The third-order valence-corrected chi connectivity index (χ3v) is 5.30. The van der Waals surface area contributed by atoms with Crippen molar-refractivity contribution in [1.82, 2.24) is 0 Å². The van der Waals surface area contributed by atoms with Crippen molar-refractivity contribution in [3.05, 3.63) is 57.4 Å².